The van der Waals surface area contributed by atoms with Crippen molar-refractivity contribution in [1.29, 1.82) is 0 Å². The van der Waals surface area contributed by atoms with Crippen molar-refractivity contribution in [2.75, 3.05) is 7.05 Å². The summed E-state index contributed by atoms with van der Waals surface area (Å²) in [6.07, 6.45) is 2.15. The zero-order chi connectivity index (χ0) is 37.0. The summed E-state index contributed by atoms with van der Waals surface area (Å²) in [6, 6.07) is 12.8. The lowest BCUT2D eigenvalue weighted by atomic mass is 9.93. The number of nitrogens with one attached hydrogen (secondary N) is 2. The fourth-order valence-corrected chi connectivity index (χ4v) is 6.53. The lowest BCUT2D eigenvalue weighted by Gasteiger charge is -2.36. The fraction of sp³-hybridized carbons (Fsp3) is 0.486. The summed E-state index contributed by atoms with van der Waals surface area (Å²) in [4.78, 5) is 74.6. The van der Waals surface area contributed by atoms with Crippen LogP contribution in [0.4, 0.5) is 0 Å². The van der Waals surface area contributed by atoms with Crippen molar-refractivity contribution in [2.24, 2.45) is 17.8 Å². The second-order valence-corrected chi connectivity index (χ2v) is 13.9. The summed E-state index contributed by atoms with van der Waals surface area (Å²) in [5.74, 6) is -3.65. The number of likely N-dealkylation sites (N-methyl/N-ethyl adjacent to an activating group) is 1. The number of aromatic nitrogens is 2. The van der Waals surface area contributed by atoms with Crippen molar-refractivity contribution < 1.29 is 33.8 Å². The molecule has 13 heteroatoms. The molecule has 0 saturated heterocycles. The number of hydrogen-bond acceptors (Lipinski definition) is 9. The molecule has 0 spiro atoms. The van der Waals surface area contributed by atoms with Gasteiger partial charge in [0.2, 0.25) is 5.91 Å². The maximum absolute atomic E-state index is 14.0. The molecule has 0 aliphatic heterocycles. The maximum atomic E-state index is 14.0. The van der Waals surface area contributed by atoms with Crippen molar-refractivity contribution in [3.63, 3.8) is 0 Å². The second-order valence-electron chi connectivity index (χ2n) is 13.1. The monoisotopic (exact) mass is 707 g/mol. The number of amides is 3. The van der Waals surface area contributed by atoms with E-state index in [-0.39, 0.29) is 42.0 Å². The lowest BCUT2D eigenvalue weighted by molar-refractivity contribution is -0.148. The third kappa shape index (κ3) is 11.5. The molecule has 3 rings (SSSR count). The van der Waals surface area contributed by atoms with Gasteiger partial charge in [-0.2, -0.15) is 0 Å². The zero-order valence-corrected chi connectivity index (χ0v) is 30.6. The highest BCUT2D eigenvalue weighted by molar-refractivity contribution is 7.09. The molecule has 0 fully saturated rings. The SMILES string of the molecule is CC[C@H](C)[C@H](NC(=O)c1ccccn1)C(=O)N(C)[C@H](C[C@@H](OC(C)=O)c1nc(C(=O)N[C@@H](Cc2ccccc2)C[C@H](C)C(=O)O)cs1)C(C)C. The first-order chi connectivity index (χ1) is 23.7. The molecule has 2 heterocycles. The van der Waals surface area contributed by atoms with Crippen molar-refractivity contribution in [3.05, 3.63) is 82.1 Å². The molecule has 2 aromatic heterocycles. The third-order valence-electron chi connectivity index (χ3n) is 8.79. The Labute approximate surface area is 298 Å². The normalized spacial score (nSPS) is 14.8. The molecule has 3 aromatic rings. The van der Waals surface area contributed by atoms with Gasteiger partial charge in [-0.3, -0.25) is 29.0 Å². The van der Waals surface area contributed by atoms with Crippen LogP contribution in [0.5, 0.6) is 0 Å². The molecular formula is C37H49N5O7S. The first-order valence-corrected chi connectivity index (χ1v) is 17.8. The van der Waals surface area contributed by atoms with Gasteiger partial charge in [0.25, 0.3) is 11.8 Å². The summed E-state index contributed by atoms with van der Waals surface area (Å²) in [5.41, 5.74) is 1.27. The van der Waals surface area contributed by atoms with Gasteiger partial charge in [0, 0.05) is 44.1 Å². The Balaban J connectivity index is 1.82. The molecule has 3 N–H and O–H groups in total. The van der Waals surface area contributed by atoms with E-state index in [0.29, 0.717) is 17.8 Å². The van der Waals surface area contributed by atoms with Gasteiger partial charge in [0.15, 0.2) is 6.10 Å². The largest absolute Gasteiger partial charge is 0.481 e. The number of carbonyl (C=O) groups excluding carboxylic acids is 4. The molecule has 12 nitrogen and oxygen atoms in total. The number of esters is 1. The van der Waals surface area contributed by atoms with Crippen LogP contribution in [-0.2, 0) is 25.5 Å². The van der Waals surface area contributed by atoms with E-state index in [4.69, 9.17) is 4.74 Å². The minimum absolute atomic E-state index is 0.0798. The molecule has 3 amide bonds. The minimum atomic E-state index is -0.952. The zero-order valence-electron chi connectivity index (χ0n) is 29.8. The molecule has 270 valence electrons. The molecule has 6 atom stereocenters. The van der Waals surface area contributed by atoms with Gasteiger partial charge in [0.1, 0.15) is 22.4 Å². The van der Waals surface area contributed by atoms with Crippen LogP contribution in [0.2, 0.25) is 0 Å². The van der Waals surface area contributed by atoms with E-state index in [9.17, 15) is 29.1 Å². The molecule has 0 aliphatic carbocycles. The van der Waals surface area contributed by atoms with E-state index in [1.807, 2.05) is 58.0 Å². The standard InChI is InChI=1S/C37H49N5O7S/c1-8-23(4)32(41-33(44)28-16-12-13-17-38-28)36(46)42(7)30(22(2)3)20-31(49-25(6)43)35-40-29(21-50-35)34(45)39-27(18-24(5)37(47)48)19-26-14-10-9-11-15-26/h9-17,21-24,27,30-32H,8,18-20H2,1-7H3,(H,39,45)(H,41,44)(H,47,48)/t23-,24-,27+,30+,31+,32-/m0/s1. The highest BCUT2D eigenvalue weighted by atomic mass is 32.1. The summed E-state index contributed by atoms with van der Waals surface area (Å²) in [7, 11) is 1.67. The fourth-order valence-electron chi connectivity index (χ4n) is 5.69. The minimum Gasteiger partial charge on any atom is -0.481 e. The van der Waals surface area contributed by atoms with Crippen LogP contribution in [0.1, 0.15) is 98.5 Å². The van der Waals surface area contributed by atoms with Crippen LogP contribution in [0.25, 0.3) is 0 Å². The van der Waals surface area contributed by atoms with Gasteiger partial charge in [-0.15, -0.1) is 11.3 Å². The molecule has 0 saturated carbocycles. The van der Waals surface area contributed by atoms with E-state index in [2.05, 4.69) is 20.6 Å². The molecule has 50 heavy (non-hydrogen) atoms. The van der Waals surface area contributed by atoms with Crippen LogP contribution in [-0.4, -0.2) is 74.8 Å². The number of pyridine rings is 1. The van der Waals surface area contributed by atoms with Gasteiger partial charge in [0.05, 0.1) is 5.92 Å². The van der Waals surface area contributed by atoms with Crippen LogP contribution in [0.15, 0.2) is 60.1 Å². The van der Waals surface area contributed by atoms with Crippen molar-refractivity contribution in [3.8, 4) is 0 Å². The molecule has 0 bridgehead atoms. The Morgan fingerprint density at radius 3 is 2.16 bits per heavy atom. The molecular weight excluding hydrogens is 659 g/mol. The molecule has 1 aromatic carbocycles. The van der Waals surface area contributed by atoms with Gasteiger partial charge in [-0.1, -0.05) is 77.4 Å². The number of ether oxygens (including phenoxy) is 1. The van der Waals surface area contributed by atoms with E-state index >= 15 is 0 Å². The van der Waals surface area contributed by atoms with Crippen LogP contribution in [0.3, 0.4) is 0 Å². The number of carboxylic acids is 1. The molecule has 0 aliphatic rings. The number of thiazole rings is 1. The van der Waals surface area contributed by atoms with Gasteiger partial charge in [-0.25, -0.2) is 4.98 Å². The number of carbonyl (C=O) groups is 5. The van der Waals surface area contributed by atoms with E-state index in [0.717, 1.165) is 16.9 Å². The number of hydrogen-bond donors (Lipinski definition) is 3. The Hall–Kier alpha value is -4.65. The predicted octanol–water partition coefficient (Wildman–Crippen LogP) is 5.31. The lowest BCUT2D eigenvalue weighted by Crippen LogP contribution is -2.54. The predicted molar refractivity (Wildman–Crippen MR) is 190 cm³/mol. The van der Waals surface area contributed by atoms with Crippen molar-refractivity contribution >= 4 is 41.0 Å². The number of benzene rings is 1. The van der Waals surface area contributed by atoms with Gasteiger partial charge >= 0.3 is 11.9 Å². The first-order valence-electron chi connectivity index (χ1n) is 16.9. The van der Waals surface area contributed by atoms with Crippen LogP contribution in [0, 0.1) is 17.8 Å². The summed E-state index contributed by atoms with van der Waals surface area (Å²) in [6.45, 7) is 10.6. The number of nitrogens with zero attached hydrogens (tertiary/aromatic N) is 3. The molecule has 0 radical (unpaired) electrons. The maximum Gasteiger partial charge on any atom is 0.306 e. The number of carboxylic acid groups (broad SMARTS) is 1. The second kappa shape index (κ2) is 18.9. The summed E-state index contributed by atoms with van der Waals surface area (Å²) < 4.78 is 5.73. The highest BCUT2D eigenvalue weighted by Crippen LogP contribution is 2.31. The Morgan fingerprint density at radius 1 is 0.920 bits per heavy atom. The Bertz CT molecular complexity index is 1580. The third-order valence-corrected chi connectivity index (χ3v) is 9.73. The number of aliphatic carboxylic acids is 1. The van der Waals surface area contributed by atoms with E-state index in [1.54, 1.807) is 42.5 Å². The average molecular weight is 708 g/mol. The number of rotatable bonds is 18. The first kappa shape index (κ1) is 39.8. The van der Waals surface area contributed by atoms with Crippen molar-refractivity contribution in [2.45, 2.75) is 91.5 Å². The quantitative estimate of drug-likeness (QED) is 0.148. The van der Waals surface area contributed by atoms with E-state index < -0.39 is 53.9 Å². The smallest absolute Gasteiger partial charge is 0.306 e. The average Bonchev–Trinajstić information content (AvgIpc) is 3.59. The van der Waals surface area contributed by atoms with Crippen molar-refractivity contribution in [1.82, 2.24) is 25.5 Å². The highest BCUT2D eigenvalue weighted by Gasteiger charge is 2.36. The molecule has 0 unspecified atom stereocenters. The van der Waals surface area contributed by atoms with Gasteiger partial charge in [-0.05, 0) is 42.4 Å². The summed E-state index contributed by atoms with van der Waals surface area (Å²) >= 11 is 1.16. The van der Waals surface area contributed by atoms with Crippen LogP contribution >= 0.6 is 11.3 Å². The van der Waals surface area contributed by atoms with E-state index in [1.165, 1.54) is 13.1 Å². The van der Waals surface area contributed by atoms with Gasteiger partial charge < -0.3 is 25.4 Å². The Morgan fingerprint density at radius 2 is 1.58 bits per heavy atom. The Kier molecular flexibility index (Phi) is 15.1. The summed E-state index contributed by atoms with van der Waals surface area (Å²) in [5, 5.41) is 17.3. The topological polar surface area (TPSA) is 168 Å². The van der Waals surface area contributed by atoms with Crippen LogP contribution < -0.4 is 10.6 Å².